The molecule has 41 heavy (non-hydrogen) atoms. The van der Waals surface area contributed by atoms with E-state index in [9.17, 15) is 4.79 Å². The van der Waals surface area contributed by atoms with Crippen LogP contribution in [0.3, 0.4) is 0 Å². The van der Waals surface area contributed by atoms with Crippen molar-refractivity contribution in [2.45, 2.75) is 51.1 Å². The topological polar surface area (TPSA) is 57.7 Å². The Hall–Kier alpha value is -3.26. The third-order valence-corrected chi connectivity index (χ3v) is 9.75. The Morgan fingerprint density at radius 3 is 2.49 bits per heavy atom. The molecule has 6 nitrogen and oxygen atoms in total. The molecule has 4 heterocycles. The Labute approximate surface area is 247 Å². The molecule has 0 atom stereocenters. The van der Waals surface area contributed by atoms with Crippen LogP contribution < -0.4 is 10.1 Å². The van der Waals surface area contributed by atoms with Gasteiger partial charge in [0.2, 0.25) is 0 Å². The van der Waals surface area contributed by atoms with E-state index in [4.69, 9.17) is 9.72 Å². The van der Waals surface area contributed by atoms with Crippen LogP contribution in [-0.4, -0.2) is 61.0 Å². The number of rotatable bonds is 7. The normalized spacial score (nSPS) is 17.9. The Morgan fingerprint density at radius 2 is 1.80 bits per heavy atom. The van der Waals surface area contributed by atoms with Gasteiger partial charge in [0.25, 0.3) is 5.91 Å². The minimum Gasteiger partial charge on any atom is -0.497 e. The first-order valence-electron chi connectivity index (χ1n) is 14.8. The van der Waals surface area contributed by atoms with E-state index in [1.54, 1.807) is 7.11 Å². The summed E-state index contributed by atoms with van der Waals surface area (Å²) < 4.78 is 5.37. The molecular weight excluding hydrogens is 528 g/mol. The van der Waals surface area contributed by atoms with Crippen LogP contribution in [-0.2, 0) is 12.1 Å². The van der Waals surface area contributed by atoms with Crippen molar-refractivity contribution >= 4 is 28.1 Å². The summed E-state index contributed by atoms with van der Waals surface area (Å²) in [4.78, 5) is 25.6. The van der Waals surface area contributed by atoms with Gasteiger partial charge < -0.3 is 15.0 Å². The lowest BCUT2D eigenvalue weighted by atomic mass is 9.95. The summed E-state index contributed by atoms with van der Waals surface area (Å²) in [6.45, 7) is 8.03. The van der Waals surface area contributed by atoms with Gasteiger partial charge in [-0.1, -0.05) is 12.1 Å². The van der Waals surface area contributed by atoms with Crippen molar-refractivity contribution in [3.05, 3.63) is 82.4 Å². The van der Waals surface area contributed by atoms with Crippen LogP contribution in [0.1, 0.15) is 58.5 Å². The average Bonchev–Trinajstić information content (AvgIpc) is 3.32. The number of nitrogens with zero attached hydrogens (tertiary/aromatic N) is 3. The third-order valence-electron chi connectivity index (χ3n) is 8.63. The van der Waals surface area contributed by atoms with E-state index in [1.165, 1.54) is 60.8 Å². The fourth-order valence-electron chi connectivity index (χ4n) is 5.82. The zero-order valence-corrected chi connectivity index (χ0v) is 25.2. The lowest BCUT2D eigenvalue weighted by molar-refractivity contribution is 0.0930. The summed E-state index contributed by atoms with van der Waals surface area (Å²) in [7, 11) is 3.77. The molecule has 0 unspecified atom stereocenters. The van der Waals surface area contributed by atoms with Crippen LogP contribution in [0.25, 0.3) is 21.3 Å². The second kappa shape index (κ2) is 11.9. The number of ether oxygens (including phenoxy) is 1. The highest BCUT2D eigenvalue weighted by atomic mass is 32.1. The van der Waals surface area contributed by atoms with Crippen LogP contribution in [0.5, 0.6) is 5.75 Å². The monoisotopic (exact) mass is 568 g/mol. The number of thiophene rings is 1. The van der Waals surface area contributed by atoms with Crippen molar-refractivity contribution in [1.82, 2.24) is 20.1 Å². The fraction of sp³-hybridized carbons (Fsp3) is 0.412. The van der Waals surface area contributed by atoms with Gasteiger partial charge in [0.1, 0.15) is 5.75 Å². The Bertz CT molecular complexity index is 1530. The summed E-state index contributed by atoms with van der Waals surface area (Å²) in [5.41, 5.74) is 4.52. The highest BCUT2D eigenvalue weighted by Gasteiger charge is 2.47. The average molecular weight is 569 g/mol. The molecule has 3 aliphatic rings. The van der Waals surface area contributed by atoms with Crippen molar-refractivity contribution in [2.24, 2.45) is 0 Å². The molecular formula is C34H40N4O2S. The number of hydrogen-bond donors (Lipinski definition) is 1. The number of carbonyl (C=O) groups excluding carboxylic acids is 1. The number of methoxy groups -OCH3 is 1. The number of likely N-dealkylation sites (tertiary alicyclic amines) is 2. The Morgan fingerprint density at radius 1 is 1.02 bits per heavy atom. The molecule has 2 aromatic carbocycles. The zero-order valence-electron chi connectivity index (χ0n) is 24.4. The van der Waals surface area contributed by atoms with Crippen molar-refractivity contribution in [3.63, 3.8) is 0 Å². The zero-order chi connectivity index (χ0) is 28.4. The predicted molar refractivity (Wildman–Crippen MR) is 168 cm³/mol. The lowest BCUT2D eigenvalue weighted by Gasteiger charge is -2.24. The molecule has 1 N–H and O–H groups in total. The first-order valence-corrected chi connectivity index (χ1v) is 15.6. The van der Waals surface area contributed by atoms with Crippen LogP contribution in [0.4, 0.5) is 0 Å². The first kappa shape index (κ1) is 27.9. The van der Waals surface area contributed by atoms with Gasteiger partial charge in [-0.25, -0.2) is 0 Å². The van der Waals surface area contributed by atoms with E-state index in [-0.39, 0.29) is 11.4 Å². The second-order valence-electron chi connectivity index (χ2n) is 11.7. The van der Waals surface area contributed by atoms with Crippen LogP contribution in [0.2, 0.25) is 0 Å². The van der Waals surface area contributed by atoms with Gasteiger partial charge in [0.15, 0.2) is 0 Å². The van der Waals surface area contributed by atoms with Gasteiger partial charge in [-0.3, -0.25) is 14.7 Å². The molecule has 2 aromatic heterocycles. The summed E-state index contributed by atoms with van der Waals surface area (Å²) in [5, 5.41) is 4.50. The fourth-order valence-corrected chi connectivity index (χ4v) is 6.86. The molecule has 0 bridgehead atoms. The SMILES string of the molecule is CN1CCC1.COc1ccc(C)c(C(=O)NC2(c3cc(-c4ccc(CN5CCCC5)s4)cc4ncccc34)CC2)c1. The molecule has 214 valence electrons. The molecule has 1 saturated carbocycles. The maximum Gasteiger partial charge on any atom is 0.252 e. The second-order valence-corrected chi connectivity index (χ2v) is 12.9. The Kier molecular flexibility index (Phi) is 8.11. The molecule has 0 spiro atoms. The quantitative estimate of drug-likeness (QED) is 0.272. The molecule has 4 aromatic rings. The number of fused-ring (bicyclic) bond motifs is 1. The van der Waals surface area contributed by atoms with Gasteiger partial charge in [-0.2, -0.15) is 0 Å². The minimum absolute atomic E-state index is 0.0598. The highest BCUT2D eigenvalue weighted by molar-refractivity contribution is 7.15. The smallest absolute Gasteiger partial charge is 0.252 e. The van der Waals surface area contributed by atoms with E-state index in [0.29, 0.717) is 11.3 Å². The molecule has 3 fully saturated rings. The number of nitrogens with one attached hydrogen (secondary N) is 1. The number of pyridine rings is 1. The molecule has 2 aliphatic heterocycles. The summed E-state index contributed by atoms with van der Waals surface area (Å²) in [5.74, 6) is 0.630. The van der Waals surface area contributed by atoms with Crippen LogP contribution in [0, 0.1) is 6.92 Å². The van der Waals surface area contributed by atoms with Crippen molar-refractivity contribution < 1.29 is 9.53 Å². The summed E-state index contributed by atoms with van der Waals surface area (Å²) in [6, 6.07) is 18.7. The number of hydrogen-bond acceptors (Lipinski definition) is 6. The van der Waals surface area contributed by atoms with Crippen molar-refractivity contribution in [3.8, 4) is 16.2 Å². The van der Waals surface area contributed by atoms with E-state index in [0.717, 1.165) is 41.4 Å². The van der Waals surface area contributed by atoms with E-state index in [1.807, 2.05) is 48.7 Å². The molecule has 7 rings (SSSR count). The van der Waals surface area contributed by atoms with Crippen molar-refractivity contribution in [2.75, 3.05) is 40.3 Å². The van der Waals surface area contributed by atoms with Crippen LogP contribution in [0.15, 0.2) is 60.8 Å². The summed E-state index contributed by atoms with van der Waals surface area (Å²) >= 11 is 1.87. The number of aryl methyl sites for hydroxylation is 1. The van der Waals surface area contributed by atoms with Gasteiger partial charge in [0.05, 0.1) is 18.2 Å². The van der Waals surface area contributed by atoms with Gasteiger partial charge >= 0.3 is 0 Å². The van der Waals surface area contributed by atoms with Gasteiger partial charge in [-0.15, -0.1) is 11.3 Å². The van der Waals surface area contributed by atoms with Gasteiger partial charge in [-0.05, 0) is 131 Å². The van der Waals surface area contributed by atoms with Crippen molar-refractivity contribution in [1.29, 1.82) is 0 Å². The maximum absolute atomic E-state index is 13.4. The molecule has 1 aliphatic carbocycles. The number of benzene rings is 2. The van der Waals surface area contributed by atoms with Crippen LogP contribution >= 0.6 is 11.3 Å². The molecule has 7 heteroatoms. The first-order chi connectivity index (χ1) is 19.9. The third kappa shape index (κ3) is 6.17. The van der Waals surface area contributed by atoms with E-state index < -0.39 is 0 Å². The van der Waals surface area contributed by atoms with E-state index in [2.05, 4.69) is 52.5 Å². The number of aromatic nitrogens is 1. The Balaban J connectivity index is 0.000000548. The van der Waals surface area contributed by atoms with E-state index >= 15 is 0 Å². The predicted octanol–water partition coefficient (Wildman–Crippen LogP) is 6.62. The molecule has 0 radical (unpaired) electrons. The summed E-state index contributed by atoms with van der Waals surface area (Å²) in [6.07, 6.45) is 7.71. The minimum atomic E-state index is -0.375. The largest absolute Gasteiger partial charge is 0.497 e. The molecule has 2 saturated heterocycles. The number of amides is 1. The maximum atomic E-state index is 13.4. The lowest BCUT2D eigenvalue weighted by Crippen LogP contribution is -2.35. The van der Waals surface area contributed by atoms with Gasteiger partial charge in [0, 0.05) is 33.4 Å². The molecule has 1 amide bonds. The highest BCUT2D eigenvalue weighted by Crippen LogP contribution is 2.49. The number of carbonyl (C=O) groups is 1. The standard InChI is InChI=1S/C30H31N3O2S.C4H9N/c1-20-7-8-22(35-2)18-25(20)29(34)32-30(11-12-30)26-16-21(17-27-24(26)6-5-13-31-27)28-10-9-23(36-28)19-33-14-3-4-15-33;1-5-3-2-4-5/h5-10,13,16-18H,3-4,11-12,14-15,19H2,1-2H3,(H,32,34);2-4H2,1H3.